The van der Waals surface area contributed by atoms with Gasteiger partial charge in [-0.3, -0.25) is 9.59 Å². The minimum absolute atomic E-state index is 0.0243. The standard InChI is InChI=1S/C11H19NO2/c1-3-4-6-12-7-5-11(14)10(8-12)9(2)13/h10H,3-8H2,1-2H3. The van der Waals surface area contributed by atoms with E-state index >= 15 is 0 Å². The molecule has 0 aromatic rings. The van der Waals surface area contributed by atoms with Gasteiger partial charge in [0.05, 0.1) is 5.92 Å². The van der Waals surface area contributed by atoms with E-state index < -0.39 is 0 Å². The van der Waals surface area contributed by atoms with Gasteiger partial charge in [-0.05, 0) is 19.9 Å². The molecule has 1 aliphatic heterocycles. The Balaban J connectivity index is 2.45. The van der Waals surface area contributed by atoms with Gasteiger partial charge in [-0.15, -0.1) is 0 Å². The Morgan fingerprint density at radius 2 is 2.29 bits per heavy atom. The number of nitrogens with zero attached hydrogens (tertiary/aromatic N) is 1. The highest BCUT2D eigenvalue weighted by atomic mass is 16.1. The summed E-state index contributed by atoms with van der Waals surface area (Å²) in [7, 11) is 0. The third kappa shape index (κ3) is 2.91. The van der Waals surface area contributed by atoms with E-state index in [-0.39, 0.29) is 17.5 Å². The molecule has 1 saturated heterocycles. The Morgan fingerprint density at radius 1 is 1.57 bits per heavy atom. The quantitative estimate of drug-likeness (QED) is 0.637. The largest absolute Gasteiger partial charge is 0.302 e. The summed E-state index contributed by atoms with van der Waals surface area (Å²) in [5.41, 5.74) is 0. The first kappa shape index (κ1) is 11.4. The summed E-state index contributed by atoms with van der Waals surface area (Å²) >= 11 is 0. The van der Waals surface area contributed by atoms with E-state index in [0.717, 1.165) is 25.9 Å². The maximum absolute atomic E-state index is 11.4. The molecule has 0 N–H and O–H groups in total. The number of Topliss-reactive ketones (excluding diaryl/α,β-unsaturated/α-hetero) is 2. The van der Waals surface area contributed by atoms with Crippen molar-refractivity contribution in [2.45, 2.75) is 33.1 Å². The normalized spacial score (nSPS) is 23.9. The molecule has 14 heavy (non-hydrogen) atoms. The summed E-state index contributed by atoms with van der Waals surface area (Å²) in [5, 5.41) is 0. The number of piperidine rings is 1. The summed E-state index contributed by atoms with van der Waals surface area (Å²) in [6.07, 6.45) is 2.86. The highest BCUT2D eigenvalue weighted by Crippen LogP contribution is 2.14. The lowest BCUT2D eigenvalue weighted by molar-refractivity contribution is -0.134. The van der Waals surface area contributed by atoms with Crippen molar-refractivity contribution < 1.29 is 9.59 Å². The highest BCUT2D eigenvalue weighted by Gasteiger charge is 2.29. The molecule has 0 aliphatic carbocycles. The lowest BCUT2D eigenvalue weighted by Gasteiger charge is -2.30. The SMILES string of the molecule is CCCCN1CCC(=O)C(C(C)=O)C1. The minimum atomic E-state index is -0.347. The third-order valence-corrected chi connectivity index (χ3v) is 2.82. The van der Waals surface area contributed by atoms with Gasteiger partial charge >= 0.3 is 0 Å². The number of ketones is 2. The van der Waals surface area contributed by atoms with Gasteiger partial charge in [-0.2, -0.15) is 0 Å². The van der Waals surface area contributed by atoms with Crippen LogP contribution in [0.3, 0.4) is 0 Å². The zero-order chi connectivity index (χ0) is 10.6. The average molecular weight is 197 g/mol. The number of hydrogen-bond acceptors (Lipinski definition) is 3. The van der Waals surface area contributed by atoms with Crippen molar-refractivity contribution in [3.8, 4) is 0 Å². The molecule has 80 valence electrons. The van der Waals surface area contributed by atoms with Crippen LogP contribution >= 0.6 is 0 Å². The van der Waals surface area contributed by atoms with Gasteiger partial charge in [0.1, 0.15) is 11.6 Å². The van der Waals surface area contributed by atoms with Crippen LogP contribution < -0.4 is 0 Å². The van der Waals surface area contributed by atoms with Crippen LogP contribution in [0.1, 0.15) is 33.1 Å². The van der Waals surface area contributed by atoms with Crippen LogP contribution in [0.5, 0.6) is 0 Å². The number of carbonyl (C=O) groups excluding carboxylic acids is 2. The number of likely N-dealkylation sites (tertiary alicyclic amines) is 1. The van der Waals surface area contributed by atoms with Gasteiger partial charge in [0, 0.05) is 19.5 Å². The monoisotopic (exact) mass is 197 g/mol. The third-order valence-electron chi connectivity index (χ3n) is 2.82. The Kier molecular flexibility index (Phi) is 4.26. The summed E-state index contributed by atoms with van der Waals surface area (Å²) < 4.78 is 0. The number of hydrogen-bond donors (Lipinski definition) is 0. The molecule has 0 saturated carbocycles. The molecule has 1 atom stereocenters. The predicted molar refractivity (Wildman–Crippen MR) is 55.1 cm³/mol. The first-order valence-electron chi connectivity index (χ1n) is 5.40. The molecule has 1 heterocycles. The van der Waals surface area contributed by atoms with Crippen molar-refractivity contribution in [3.63, 3.8) is 0 Å². The second-order valence-corrected chi connectivity index (χ2v) is 4.03. The molecule has 1 unspecified atom stereocenters. The van der Waals surface area contributed by atoms with E-state index in [4.69, 9.17) is 0 Å². The molecular weight excluding hydrogens is 178 g/mol. The Morgan fingerprint density at radius 3 is 2.86 bits per heavy atom. The topological polar surface area (TPSA) is 37.4 Å². The molecular formula is C11H19NO2. The summed E-state index contributed by atoms with van der Waals surface area (Å²) in [5.74, 6) is -0.193. The lowest BCUT2D eigenvalue weighted by atomic mass is 9.93. The van der Waals surface area contributed by atoms with Crippen molar-refractivity contribution in [3.05, 3.63) is 0 Å². The summed E-state index contributed by atoms with van der Waals surface area (Å²) in [4.78, 5) is 24.8. The first-order valence-corrected chi connectivity index (χ1v) is 5.40. The summed E-state index contributed by atoms with van der Waals surface area (Å²) in [6, 6.07) is 0. The van der Waals surface area contributed by atoms with Crippen LogP contribution in [0.25, 0.3) is 0 Å². The van der Waals surface area contributed by atoms with E-state index in [1.165, 1.54) is 6.92 Å². The van der Waals surface area contributed by atoms with Gasteiger partial charge < -0.3 is 4.90 Å². The fourth-order valence-corrected chi connectivity index (χ4v) is 1.83. The van der Waals surface area contributed by atoms with Crippen LogP contribution in [0.2, 0.25) is 0 Å². The van der Waals surface area contributed by atoms with E-state index in [1.54, 1.807) is 0 Å². The van der Waals surface area contributed by atoms with Crippen LogP contribution in [0, 0.1) is 5.92 Å². The molecule has 0 aromatic carbocycles. The average Bonchev–Trinajstić information content (AvgIpc) is 2.16. The van der Waals surface area contributed by atoms with Crippen molar-refractivity contribution in [2.24, 2.45) is 5.92 Å². The fraction of sp³-hybridized carbons (Fsp3) is 0.818. The fourth-order valence-electron chi connectivity index (χ4n) is 1.83. The number of carbonyl (C=O) groups is 2. The molecule has 1 rings (SSSR count). The zero-order valence-corrected chi connectivity index (χ0v) is 9.08. The Hall–Kier alpha value is -0.700. The van der Waals surface area contributed by atoms with Crippen molar-refractivity contribution in [2.75, 3.05) is 19.6 Å². The van der Waals surface area contributed by atoms with Crippen molar-refractivity contribution in [1.29, 1.82) is 0 Å². The maximum atomic E-state index is 11.4. The molecule has 3 nitrogen and oxygen atoms in total. The van der Waals surface area contributed by atoms with Gasteiger partial charge in [-0.25, -0.2) is 0 Å². The van der Waals surface area contributed by atoms with Gasteiger partial charge in [-0.1, -0.05) is 13.3 Å². The highest BCUT2D eigenvalue weighted by molar-refractivity contribution is 6.02. The van der Waals surface area contributed by atoms with E-state index in [1.807, 2.05) is 0 Å². The molecule has 0 spiro atoms. The number of unbranched alkanes of at least 4 members (excludes halogenated alkanes) is 1. The predicted octanol–water partition coefficient (Wildman–Crippen LogP) is 1.27. The van der Waals surface area contributed by atoms with E-state index in [9.17, 15) is 9.59 Å². The van der Waals surface area contributed by atoms with Crippen molar-refractivity contribution >= 4 is 11.6 Å². The smallest absolute Gasteiger partial charge is 0.145 e. The summed E-state index contributed by atoms with van der Waals surface area (Å²) in [6.45, 7) is 6.17. The first-order chi connectivity index (χ1) is 6.65. The Labute approximate surface area is 85.5 Å². The van der Waals surface area contributed by atoms with Gasteiger partial charge in [0.15, 0.2) is 0 Å². The maximum Gasteiger partial charge on any atom is 0.145 e. The molecule has 1 aliphatic rings. The molecule has 1 fully saturated rings. The number of rotatable bonds is 4. The van der Waals surface area contributed by atoms with E-state index in [2.05, 4.69) is 11.8 Å². The van der Waals surface area contributed by atoms with E-state index in [0.29, 0.717) is 13.0 Å². The second kappa shape index (κ2) is 5.25. The van der Waals surface area contributed by atoms with Gasteiger partial charge in [0.25, 0.3) is 0 Å². The zero-order valence-electron chi connectivity index (χ0n) is 9.08. The van der Waals surface area contributed by atoms with Crippen molar-refractivity contribution in [1.82, 2.24) is 4.90 Å². The molecule has 3 heteroatoms. The van der Waals surface area contributed by atoms with Crippen LogP contribution in [0.15, 0.2) is 0 Å². The van der Waals surface area contributed by atoms with Crippen LogP contribution in [0.4, 0.5) is 0 Å². The minimum Gasteiger partial charge on any atom is -0.302 e. The lowest BCUT2D eigenvalue weighted by Crippen LogP contribution is -2.43. The molecule has 0 amide bonds. The molecule has 0 radical (unpaired) electrons. The molecule has 0 aromatic heterocycles. The molecule has 0 bridgehead atoms. The van der Waals surface area contributed by atoms with Crippen LogP contribution in [-0.4, -0.2) is 36.1 Å². The van der Waals surface area contributed by atoms with Crippen LogP contribution in [-0.2, 0) is 9.59 Å². The second-order valence-electron chi connectivity index (χ2n) is 4.03. The Bertz CT molecular complexity index is 225. The van der Waals surface area contributed by atoms with Gasteiger partial charge in [0.2, 0.25) is 0 Å².